The largest absolute Gasteiger partial charge is 0.322 e. The third-order valence-corrected chi connectivity index (χ3v) is 6.36. The molecular weight excluding hydrogens is 400 g/mol. The highest BCUT2D eigenvalue weighted by molar-refractivity contribution is 7.87. The summed E-state index contributed by atoms with van der Waals surface area (Å²) < 4.78 is 54.1. The van der Waals surface area contributed by atoms with Gasteiger partial charge in [-0.1, -0.05) is 29.8 Å². The van der Waals surface area contributed by atoms with Crippen LogP contribution < -0.4 is 5.32 Å². The van der Waals surface area contributed by atoms with Crippen LogP contribution in [0.15, 0.2) is 42.5 Å². The van der Waals surface area contributed by atoms with E-state index in [1.165, 1.54) is 30.3 Å². The van der Waals surface area contributed by atoms with Gasteiger partial charge in [-0.3, -0.25) is 4.79 Å². The average Bonchev–Trinajstić information content (AvgIpc) is 2.87. The molecule has 1 aliphatic rings. The molecule has 1 aliphatic heterocycles. The van der Waals surface area contributed by atoms with E-state index in [4.69, 9.17) is 11.6 Å². The molecule has 0 spiro atoms. The van der Waals surface area contributed by atoms with Crippen LogP contribution in [0.4, 0.5) is 14.5 Å². The van der Waals surface area contributed by atoms with Crippen LogP contribution in [0, 0.1) is 11.6 Å². The minimum atomic E-state index is -3.89. The van der Waals surface area contributed by atoms with Crippen LogP contribution in [-0.4, -0.2) is 42.6 Å². The highest BCUT2D eigenvalue weighted by Crippen LogP contribution is 2.24. The molecule has 144 valence electrons. The lowest BCUT2D eigenvalue weighted by Gasteiger charge is -2.19. The summed E-state index contributed by atoms with van der Waals surface area (Å²) in [5, 5.41) is 2.48. The second-order valence-electron chi connectivity index (χ2n) is 5.94. The SMILES string of the molecule is O=C(CN1CCN(Cc2ccc(F)cc2Cl)S1(=O)=O)Nc1ccccc1F. The van der Waals surface area contributed by atoms with Gasteiger partial charge in [0.2, 0.25) is 5.91 Å². The Morgan fingerprint density at radius 2 is 1.81 bits per heavy atom. The highest BCUT2D eigenvalue weighted by Gasteiger charge is 2.37. The van der Waals surface area contributed by atoms with E-state index in [0.717, 1.165) is 14.7 Å². The molecule has 1 N–H and O–H groups in total. The van der Waals surface area contributed by atoms with Gasteiger partial charge in [0.1, 0.15) is 11.6 Å². The molecule has 0 radical (unpaired) electrons. The third kappa shape index (κ3) is 4.44. The maximum absolute atomic E-state index is 13.6. The van der Waals surface area contributed by atoms with E-state index in [1.54, 1.807) is 6.07 Å². The molecule has 0 atom stereocenters. The Labute approximate surface area is 160 Å². The van der Waals surface area contributed by atoms with E-state index < -0.39 is 34.3 Å². The molecule has 2 aromatic rings. The summed E-state index contributed by atoms with van der Waals surface area (Å²) in [6, 6.07) is 9.34. The van der Waals surface area contributed by atoms with Gasteiger partial charge in [0.15, 0.2) is 0 Å². The van der Waals surface area contributed by atoms with Crippen molar-refractivity contribution in [3.05, 3.63) is 64.7 Å². The lowest BCUT2D eigenvalue weighted by atomic mass is 10.2. The zero-order chi connectivity index (χ0) is 19.6. The molecule has 1 fully saturated rings. The molecule has 0 unspecified atom stereocenters. The lowest BCUT2D eigenvalue weighted by molar-refractivity contribution is -0.116. The van der Waals surface area contributed by atoms with Crippen molar-refractivity contribution < 1.29 is 22.0 Å². The molecule has 10 heteroatoms. The number of carbonyl (C=O) groups excluding carboxylic acids is 1. The first-order valence-corrected chi connectivity index (χ1v) is 9.78. The summed E-state index contributed by atoms with van der Waals surface area (Å²) in [5.74, 6) is -1.77. The number of halogens is 3. The Morgan fingerprint density at radius 3 is 2.52 bits per heavy atom. The summed E-state index contributed by atoms with van der Waals surface area (Å²) in [4.78, 5) is 12.1. The fraction of sp³-hybridized carbons (Fsp3) is 0.235. The Kier molecular flexibility index (Phi) is 5.75. The molecule has 1 heterocycles. The first kappa shape index (κ1) is 19.7. The number of nitrogens with one attached hydrogen (secondary N) is 1. The molecule has 6 nitrogen and oxygen atoms in total. The van der Waals surface area contributed by atoms with Crippen molar-refractivity contribution in [2.75, 3.05) is 25.0 Å². The van der Waals surface area contributed by atoms with Gasteiger partial charge in [-0.15, -0.1) is 0 Å². The van der Waals surface area contributed by atoms with Gasteiger partial charge in [-0.05, 0) is 29.8 Å². The standard InChI is InChI=1S/C17H16ClF2N3O3S/c18-14-9-13(19)6-5-12(14)10-22-7-8-23(27(22,25)26)11-17(24)21-16-4-2-1-3-15(16)20/h1-6,9H,7-8,10-11H2,(H,21,24). The van der Waals surface area contributed by atoms with Crippen LogP contribution in [0.3, 0.4) is 0 Å². The summed E-state index contributed by atoms with van der Waals surface area (Å²) in [5.41, 5.74) is 0.438. The fourth-order valence-corrected chi connectivity index (χ4v) is 4.45. The molecule has 0 aromatic heterocycles. The van der Waals surface area contributed by atoms with Gasteiger partial charge in [0.25, 0.3) is 10.2 Å². The topological polar surface area (TPSA) is 69.7 Å². The number of hydrogen-bond acceptors (Lipinski definition) is 3. The predicted octanol–water partition coefficient (Wildman–Crippen LogP) is 2.62. The first-order chi connectivity index (χ1) is 12.8. The number of para-hydroxylation sites is 1. The van der Waals surface area contributed by atoms with E-state index in [2.05, 4.69) is 5.32 Å². The Hall–Kier alpha value is -2.07. The Bertz CT molecular complexity index is 972. The molecule has 1 amide bonds. The van der Waals surface area contributed by atoms with Crippen LogP contribution in [0.5, 0.6) is 0 Å². The quantitative estimate of drug-likeness (QED) is 0.816. The summed E-state index contributed by atoms with van der Waals surface area (Å²) in [7, 11) is -3.89. The second-order valence-corrected chi connectivity index (χ2v) is 8.27. The van der Waals surface area contributed by atoms with Crippen molar-refractivity contribution in [2.45, 2.75) is 6.54 Å². The lowest BCUT2D eigenvalue weighted by Crippen LogP contribution is -2.38. The summed E-state index contributed by atoms with van der Waals surface area (Å²) in [6.45, 7) is -0.216. The van der Waals surface area contributed by atoms with Gasteiger partial charge in [0, 0.05) is 24.7 Å². The Morgan fingerprint density at radius 1 is 1.11 bits per heavy atom. The molecule has 2 aromatic carbocycles. The molecular formula is C17H16ClF2N3O3S. The van der Waals surface area contributed by atoms with Crippen molar-refractivity contribution in [1.29, 1.82) is 0 Å². The second kappa shape index (κ2) is 7.89. The van der Waals surface area contributed by atoms with Gasteiger partial charge in [-0.2, -0.15) is 17.0 Å². The van der Waals surface area contributed by atoms with Crippen LogP contribution >= 0.6 is 11.6 Å². The zero-order valence-electron chi connectivity index (χ0n) is 14.0. The molecule has 0 bridgehead atoms. The normalized spacial score (nSPS) is 17.1. The maximum atomic E-state index is 13.6. The number of benzene rings is 2. The summed E-state index contributed by atoms with van der Waals surface area (Å²) in [6.07, 6.45) is 0. The first-order valence-electron chi connectivity index (χ1n) is 8.01. The third-order valence-electron chi connectivity index (χ3n) is 4.08. The van der Waals surface area contributed by atoms with Gasteiger partial charge >= 0.3 is 0 Å². The van der Waals surface area contributed by atoms with Gasteiger partial charge < -0.3 is 5.32 Å². The number of carbonyl (C=O) groups is 1. The zero-order valence-corrected chi connectivity index (χ0v) is 15.6. The number of hydrogen-bond donors (Lipinski definition) is 1. The predicted molar refractivity (Wildman–Crippen MR) is 97.3 cm³/mol. The van der Waals surface area contributed by atoms with Crippen molar-refractivity contribution in [2.24, 2.45) is 0 Å². The minimum absolute atomic E-state index is 0.0194. The molecule has 0 aliphatic carbocycles. The van der Waals surface area contributed by atoms with E-state index in [0.29, 0.717) is 5.56 Å². The average molecular weight is 416 g/mol. The summed E-state index contributed by atoms with van der Waals surface area (Å²) >= 11 is 5.95. The minimum Gasteiger partial charge on any atom is -0.322 e. The number of amides is 1. The van der Waals surface area contributed by atoms with Crippen molar-refractivity contribution in [3.63, 3.8) is 0 Å². The van der Waals surface area contributed by atoms with E-state index in [9.17, 15) is 22.0 Å². The monoisotopic (exact) mass is 415 g/mol. The molecule has 0 saturated carbocycles. The fourth-order valence-electron chi connectivity index (χ4n) is 2.69. The van der Waals surface area contributed by atoms with Crippen molar-refractivity contribution in [1.82, 2.24) is 8.61 Å². The van der Waals surface area contributed by atoms with E-state index in [-0.39, 0.29) is 30.3 Å². The highest BCUT2D eigenvalue weighted by atomic mass is 35.5. The molecule has 1 saturated heterocycles. The van der Waals surface area contributed by atoms with Crippen LogP contribution in [-0.2, 0) is 21.5 Å². The van der Waals surface area contributed by atoms with Crippen molar-refractivity contribution in [3.8, 4) is 0 Å². The van der Waals surface area contributed by atoms with Crippen LogP contribution in [0.2, 0.25) is 5.02 Å². The number of anilines is 1. The molecule has 3 rings (SSSR count). The maximum Gasteiger partial charge on any atom is 0.282 e. The smallest absolute Gasteiger partial charge is 0.282 e. The van der Waals surface area contributed by atoms with E-state index in [1.807, 2.05) is 0 Å². The number of nitrogens with zero attached hydrogens (tertiary/aromatic N) is 2. The van der Waals surface area contributed by atoms with Gasteiger partial charge in [0.05, 0.1) is 12.2 Å². The Balaban J connectivity index is 1.66. The number of rotatable bonds is 5. The van der Waals surface area contributed by atoms with Crippen LogP contribution in [0.25, 0.3) is 0 Å². The molecule has 27 heavy (non-hydrogen) atoms. The van der Waals surface area contributed by atoms with Gasteiger partial charge in [-0.25, -0.2) is 8.78 Å². The van der Waals surface area contributed by atoms with E-state index >= 15 is 0 Å². The van der Waals surface area contributed by atoms with Crippen molar-refractivity contribution >= 4 is 33.4 Å². The van der Waals surface area contributed by atoms with Crippen LogP contribution in [0.1, 0.15) is 5.56 Å².